The van der Waals surface area contributed by atoms with Crippen molar-refractivity contribution < 1.29 is 4.79 Å². The molecule has 0 fully saturated rings. The summed E-state index contributed by atoms with van der Waals surface area (Å²) in [5, 5.41) is 2.78. The third kappa shape index (κ3) is 2.56. The molecule has 2 atom stereocenters. The van der Waals surface area contributed by atoms with Crippen LogP contribution in [0.25, 0.3) is 0 Å². The van der Waals surface area contributed by atoms with Gasteiger partial charge in [0.05, 0.1) is 12.1 Å². The second-order valence-corrected chi connectivity index (χ2v) is 3.22. The van der Waals surface area contributed by atoms with E-state index in [1.807, 2.05) is 13.8 Å². The number of nitrogens with one attached hydrogen (secondary N) is 2. The zero-order valence-corrected chi connectivity index (χ0v) is 8.45. The molecule has 0 aliphatic rings. The molecule has 1 amide bonds. The van der Waals surface area contributed by atoms with E-state index in [1.54, 1.807) is 12.4 Å². The second kappa shape index (κ2) is 4.76. The summed E-state index contributed by atoms with van der Waals surface area (Å²) in [4.78, 5) is 18.4. The molecule has 0 aliphatic carbocycles. The number of aromatic amines is 1. The van der Waals surface area contributed by atoms with Gasteiger partial charge in [0, 0.05) is 12.4 Å². The second-order valence-electron chi connectivity index (χ2n) is 3.22. The molecule has 1 unspecified atom stereocenters. The van der Waals surface area contributed by atoms with Crippen LogP contribution < -0.4 is 11.1 Å². The number of hydrogen-bond acceptors (Lipinski definition) is 3. The zero-order chi connectivity index (χ0) is 10.6. The van der Waals surface area contributed by atoms with Gasteiger partial charge in [0.1, 0.15) is 5.82 Å². The molecule has 14 heavy (non-hydrogen) atoms. The summed E-state index contributed by atoms with van der Waals surface area (Å²) in [5.74, 6) is 0.595. The van der Waals surface area contributed by atoms with Crippen molar-refractivity contribution in [2.75, 3.05) is 0 Å². The van der Waals surface area contributed by atoms with Gasteiger partial charge in [-0.2, -0.15) is 0 Å². The van der Waals surface area contributed by atoms with Gasteiger partial charge < -0.3 is 16.0 Å². The monoisotopic (exact) mass is 196 g/mol. The predicted octanol–water partition coefficient (Wildman–Crippen LogP) is 0.324. The molecule has 0 radical (unpaired) electrons. The number of amides is 1. The van der Waals surface area contributed by atoms with Crippen LogP contribution in [0.1, 0.15) is 32.1 Å². The summed E-state index contributed by atoms with van der Waals surface area (Å²) >= 11 is 0. The molecule has 78 valence electrons. The fourth-order valence-corrected chi connectivity index (χ4v) is 1.09. The van der Waals surface area contributed by atoms with Gasteiger partial charge in [0.15, 0.2) is 0 Å². The lowest BCUT2D eigenvalue weighted by atomic mass is 10.2. The Morgan fingerprint density at radius 1 is 1.79 bits per heavy atom. The van der Waals surface area contributed by atoms with E-state index in [4.69, 9.17) is 5.73 Å². The maximum Gasteiger partial charge on any atom is 0.237 e. The maximum absolute atomic E-state index is 11.4. The van der Waals surface area contributed by atoms with Crippen LogP contribution in [-0.4, -0.2) is 21.9 Å². The standard InChI is InChI=1S/C9H16N4O/c1-3-7(10)9(14)13-6(2)8-11-4-5-12-8/h4-7H,3,10H2,1-2H3,(H,11,12)(H,13,14)/t6?,7-/m0/s1. The number of imidazole rings is 1. The molecule has 0 aliphatic heterocycles. The first-order chi connectivity index (χ1) is 6.65. The van der Waals surface area contributed by atoms with E-state index < -0.39 is 6.04 Å². The predicted molar refractivity (Wildman–Crippen MR) is 53.4 cm³/mol. The maximum atomic E-state index is 11.4. The Kier molecular flexibility index (Phi) is 3.64. The van der Waals surface area contributed by atoms with Crippen molar-refractivity contribution >= 4 is 5.91 Å². The molecule has 0 saturated carbocycles. The highest BCUT2D eigenvalue weighted by molar-refractivity contribution is 5.81. The van der Waals surface area contributed by atoms with E-state index >= 15 is 0 Å². The molecule has 4 N–H and O–H groups in total. The van der Waals surface area contributed by atoms with Crippen LogP contribution in [0.4, 0.5) is 0 Å². The highest BCUT2D eigenvalue weighted by Gasteiger charge is 2.15. The first-order valence-electron chi connectivity index (χ1n) is 4.70. The van der Waals surface area contributed by atoms with E-state index in [0.717, 1.165) is 5.82 Å². The van der Waals surface area contributed by atoms with Gasteiger partial charge >= 0.3 is 0 Å². The van der Waals surface area contributed by atoms with Gasteiger partial charge in [0.25, 0.3) is 0 Å². The SMILES string of the molecule is CC[C@H](N)C(=O)NC(C)c1ncc[nH]1. The third-order valence-electron chi connectivity index (χ3n) is 2.06. The average Bonchev–Trinajstić information content (AvgIpc) is 2.69. The normalized spacial score (nSPS) is 14.8. The zero-order valence-electron chi connectivity index (χ0n) is 8.45. The number of aromatic nitrogens is 2. The molecule has 0 saturated heterocycles. The van der Waals surface area contributed by atoms with E-state index in [1.165, 1.54) is 0 Å². The van der Waals surface area contributed by atoms with Crippen molar-refractivity contribution in [2.45, 2.75) is 32.4 Å². The first kappa shape index (κ1) is 10.7. The van der Waals surface area contributed by atoms with Crippen LogP contribution in [0.5, 0.6) is 0 Å². The third-order valence-corrected chi connectivity index (χ3v) is 2.06. The Morgan fingerprint density at radius 3 is 3.00 bits per heavy atom. The fraction of sp³-hybridized carbons (Fsp3) is 0.556. The highest BCUT2D eigenvalue weighted by atomic mass is 16.2. The average molecular weight is 196 g/mol. The van der Waals surface area contributed by atoms with Crippen molar-refractivity contribution in [1.29, 1.82) is 0 Å². The summed E-state index contributed by atoms with van der Waals surface area (Å²) in [7, 11) is 0. The van der Waals surface area contributed by atoms with Crippen LogP contribution in [0.15, 0.2) is 12.4 Å². The Labute approximate surface area is 83.1 Å². The highest BCUT2D eigenvalue weighted by Crippen LogP contribution is 2.05. The number of carbonyl (C=O) groups excluding carboxylic acids is 1. The van der Waals surface area contributed by atoms with Crippen molar-refractivity contribution in [3.63, 3.8) is 0 Å². The van der Waals surface area contributed by atoms with Crippen LogP contribution in [0.3, 0.4) is 0 Å². The van der Waals surface area contributed by atoms with Crippen LogP contribution >= 0.6 is 0 Å². The fourth-order valence-electron chi connectivity index (χ4n) is 1.09. The van der Waals surface area contributed by atoms with Gasteiger partial charge in [-0.05, 0) is 13.3 Å². The minimum atomic E-state index is -0.438. The lowest BCUT2D eigenvalue weighted by molar-refractivity contribution is -0.123. The summed E-state index contributed by atoms with van der Waals surface area (Å²) in [6.07, 6.45) is 4.01. The molecule has 0 spiro atoms. The smallest absolute Gasteiger partial charge is 0.237 e. The largest absolute Gasteiger partial charge is 0.347 e. The van der Waals surface area contributed by atoms with Gasteiger partial charge in [-0.1, -0.05) is 6.92 Å². The van der Waals surface area contributed by atoms with Crippen molar-refractivity contribution in [2.24, 2.45) is 5.73 Å². The van der Waals surface area contributed by atoms with E-state index in [-0.39, 0.29) is 11.9 Å². The summed E-state index contributed by atoms with van der Waals surface area (Å²) in [6.45, 7) is 3.74. The van der Waals surface area contributed by atoms with Gasteiger partial charge in [0.2, 0.25) is 5.91 Å². The van der Waals surface area contributed by atoms with Crippen LogP contribution in [0, 0.1) is 0 Å². The van der Waals surface area contributed by atoms with Crippen molar-refractivity contribution in [3.8, 4) is 0 Å². The van der Waals surface area contributed by atoms with Gasteiger partial charge in [-0.15, -0.1) is 0 Å². The number of nitrogens with two attached hydrogens (primary N) is 1. The molecule has 0 bridgehead atoms. The number of rotatable bonds is 4. The minimum Gasteiger partial charge on any atom is -0.347 e. The van der Waals surface area contributed by atoms with Crippen LogP contribution in [-0.2, 0) is 4.79 Å². The Hall–Kier alpha value is -1.36. The Balaban J connectivity index is 2.49. The number of H-pyrrole nitrogens is 1. The first-order valence-corrected chi connectivity index (χ1v) is 4.70. The number of nitrogens with zero attached hydrogens (tertiary/aromatic N) is 1. The molecule has 5 heteroatoms. The minimum absolute atomic E-state index is 0.130. The van der Waals surface area contributed by atoms with E-state index in [0.29, 0.717) is 6.42 Å². The molecule has 1 heterocycles. The Morgan fingerprint density at radius 2 is 2.50 bits per heavy atom. The van der Waals surface area contributed by atoms with E-state index in [9.17, 15) is 4.79 Å². The summed E-state index contributed by atoms with van der Waals surface area (Å²) < 4.78 is 0. The lowest BCUT2D eigenvalue weighted by Crippen LogP contribution is -2.41. The summed E-state index contributed by atoms with van der Waals surface area (Å²) in [6, 6.07) is -0.567. The van der Waals surface area contributed by atoms with Crippen molar-refractivity contribution in [1.82, 2.24) is 15.3 Å². The molecule has 1 aromatic heterocycles. The quantitative estimate of drug-likeness (QED) is 0.648. The van der Waals surface area contributed by atoms with E-state index in [2.05, 4.69) is 15.3 Å². The molecule has 1 rings (SSSR count). The lowest BCUT2D eigenvalue weighted by Gasteiger charge is -2.14. The van der Waals surface area contributed by atoms with Gasteiger partial charge in [-0.3, -0.25) is 4.79 Å². The number of carbonyl (C=O) groups is 1. The molecule has 0 aromatic carbocycles. The van der Waals surface area contributed by atoms with Crippen LogP contribution in [0.2, 0.25) is 0 Å². The molecule has 1 aromatic rings. The molecule has 5 nitrogen and oxygen atoms in total. The molecular formula is C9H16N4O. The van der Waals surface area contributed by atoms with Crippen molar-refractivity contribution in [3.05, 3.63) is 18.2 Å². The number of hydrogen-bond donors (Lipinski definition) is 3. The Bertz CT molecular complexity index is 283. The topological polar surface area (TPSA) is 83.8 Å². The summed E-state index contributed by atoms with van der Waals surface area (Å²) in [5.41, 5.74) is 5.58. The molecular weight excluding hydrogens is 180 g/mol. The van der Waals surface area contributed by atoms with Gasteiger partial charge in [-0.25, -0.2) is 4.98 Å².